The average Bonchev–Trinajstić information content (AvgIpc) is 2.28. The molecule has 0 radical (unpaired) electrons. The van der Waals surface area contributed by atoms with Gasteiger partial charge in [-0.15, -0.1) is 0 Å². The van der Waals surface area contributed by atoms with Crippen molar-refractivity contribution in [3.63, 3.8) is 0 Å². The quantitative estimate of drug-likeness (QED) is 0.875. The number of nitrogens with one attached hydrogen (secondary N) is 1. The molecule has 0 aliphatic rings. The molecule has 1 rings (SSSR count). The Morgan fingerprint density at radius 2 is 1.94 bits per heavy atom. The Hall–Kier alpha value is -1.00. The summed E-state index contributed by atoms with van der Waals surface area (Å²) in [5, 5.41) is 3.06. The molecule has 0 heterocycles. The van der Waals surface area contributed by atoms with Gasteiger partial charge in [0.2, 0.25) is 0 Å². The summed E-state index contributed by atoms with van der Waals surface area (Å²) in [5.74, 6) is -1.58. The van der Waals surface area contributed by atoms with E-state index >= 15 is 0 Å². The Morgan fingerprint density at radius 3 is 2.50 bits per heavy atom. The van der Waals surface area contributed by atoms with E-state index in [1.165, 1.54) is 6.07 Å². The lowest BCUT2D eigenvalue weighted by atomic mass is 10.1. The van der Waals surface area contributed by atoms with E-state index in [9.17, 15) is 8.78 Å². The van der Waals surface area contributed by atoms with Crippen LogP contribution < -0.4 is 5.32 Å². The molecule has 1 atom stereocenters. The lowest BCUT2D eigenvalue weighted by molar-refractivity contribution is -0.0135. The van der Waals surface area contributed by atoms with Gasteiger partial charge in [0.15, 0.2) is 11.6 Å². The van der Waals surface area contributed by atoms with Crippen LogP contribution in [0.1, 0.15) is 26.3 Å². The van der Waals surface area contributed by atoms with Crippen molar-refractivity contribution in [3.8, 4) is 0 Å². The topological polar surface area (TPSA) is 21.3 Å². The fraction of sp³-hybridized carbons (Fsp3) is 0.571. The highest BCUT2D eigenvalue weighted by Gasteiger charge is 2.17. The number of likely N-dealkylation sites (N-methyl/N-ethyl adjacent to an activating group) is 1. The van der Waals surface area contributed by atoms with Gasteiger partial charge in [0.1, 0.15) is 0 Å². The maximum Gasteiger partial charge on any atom is 0.162 e. The zero-order valence-corrected chi connectivity index (χ0v) is 11.4. The highest BCUT2D eigenvalue weighted by molar-refractivity contribution is 5.20. The Kier molecular flexibility index (Phi) is 5.23. The first-order valence-electron chi connectivity index (χ1n) is 6.07. The normalized spacial score (nSPS) is 13.7. The first-order chi connectivity index (χ1) is 8.33. The maximum atomic E-state index is 13.5. The van der Waals surface area contributed by atoms with E-state index in [-0.39, 0.29) is 11.6 Å². The van der Waals surface area contributed by atoms with Crippen molar-refractivity contribution in [2.75, 3.05) is 13.7 Å². The fourth-order valence-corrected chi connectivity index (χ4v) is 1.57. The molecule has 0 fully saturated rings. The standard InChI is InChI=1S/C14H21F2NO/c1-14(2,3)18-9-11(17-4)8-10-6-5-7-12(15)13(10)16/h5-7,11,17H,8-9H2,1-4H3. The molecule has 0 saturated heterocycles. The molecule has 102 valence electrons. The molecule has 1 aromatic rings. The summed E-state index contributed by atoms with van der Waals surface area (Å²) < 4.78 is 32.3. The van der Waals surface area contributed by atoms with Crippen molar-refractivity contribution in [2.45, 2.75) is 38.8 Å². The molecule has 0 aromatic heterocycles. The average molecular weight is 257 g/mol. The van der Waals surface area contributed by atoms with E-state index < -0.39 is 11.6 Å². The molecule has 0 saturated carbocycles. The van der Waals surface area contributed by atoms with Crippen molar-refractivity contribution in [1.82, 2.24) is 5.32 Å². The summed E-state index contributed by atoms with van der Waals surface area (Å²) in [6.45, 7) is 6.34. The van der Waals surface area contributed by atoms with Crippen LogP contribution in [-0.4, -0.2) is 25.3 Å². The predicted molar refractivity (Wildman–Crippen MR) is 68.6 cm³/mol. The van der Waals surface area contributed by atoms with Gasteiger partial charge in [0.25, 0.3) is 0 Å². The van der Waals surface area contributed by atoms with Crippen LogP contribution in [0, 0.1) is 11.6 Å². The van der Waals surface area contributed by atoms with Gasteiger partial charge in [0.05, 0.1) is 12.2 Å². The largest absolute Gasteiger partial charge is 0.374 e. The number of hydrogen-bond acceptors (Lipinski definition) is 2. The molecule has 0 aliphatic carbocycles. The SMILES string of the molecule is CNC(COC(C)(C)C)Cc1cccc(F)c1F. The first-order valence-corrected chi connectivity index (χ1v) is 6.07. The van der Waals surface area contributed by atoms with E-state index in [1.807, 2.05) is 20.8 Å². The number of benzene rings is 1. The van der Waals surface area contributed by atoms with Crippen LogP contribution in [0.15, 0.2) is 18.2 Å². The van der Waals surface area contributed by atoms with Crippen LogP contribution >= 0.6 is 0 Å². The molecular weight excluding hydrogens is 236 g/mol. The van der Waals surface area contributed by atoms with Gasteiger partial charge in [-0.2, -0.15) is 0 Å². The van der Waals surface area contributed by atoms with Crippen molar-refractivity contribution in [3.05, 3.63) is 35.4 Å². The Morgan fingerprint density at radius 1 is 1.28 bits per heavy atom. The summed E-state index contributed by atoms with van der Waals surface area (Å²) in [5.41, 5.74) is 0.127. The molecule has 0 amide bonds. The second-order valence-corrected chi connectivity index (χ2v) is 5.33. The van der Waals surface area contributed by atoms with E-state index in [0.29, 0.717) is 18.6 Å². The zero-order chi connectivity index (χ0) is 13.8. The maximum absolute atomic E-state index is 13.5. The van der Waals surface area contributed by atoms with Gasteiger partial charge in [-0.05, 0) is 45.9 Å². The molecule has 18 heavy (non-hydrogen) atoms. The predicted octanol–water partition coefficient (Wildman–Crippen LogP) is 2.91. The van der Waals surface area contributed by atoms with E-state index in [2.05, 4.69) is 5.32 Å². The second-order valence-electron chi connectivity index (χ2n) is 5.33. The molecule has 4 heteroatoms. The third-order valence-electron chi connectivity index (χ3n) is 2.62. The minimum Gasteiger partial charge on any atom is -0.374 e. The van der Waals surface area contributed by atoms with Crippen LogP contribution in [0.25, 0.3) is 0 Å². The number of hydrogen-bond donors (Lipinski definition) is 1. The number of rotatable bonds is 5. The van der Waals surface area contributed by atoms with Crippen LogP contribution in [-0.2, 0) is 11.2 Å². The van der Waals surface area contributed by atoms with Gasteiger partial charge >= 0.3 is 0 Å². The van der Waals surface area contributed by atoms with E-state index in [4.69, 9.17) is 4.74 Å². The van der Waals surface area contributed by atoms with Crippen LogP contribution in [0.4, 0.5) is 8.78 Å². The molecule has 1 N–H and O–H groups in total. The Labute approximate surface area is 107 Å². The van der Waals surface area contributed by atoms with Crippen LogP contribution in [0.5, 0.6) is 0 Å². The molecule has 1 aromatic carbocycles. The van der Waals surface area contributed by atoms with E-state index in [0.717, 1.165) is 6.07 Å². The van der Waals surface area contributed by atoms with Gasteiger partial charge in [-0.25, -0.2) is 8.78 Å². The summed E-state index contributed by atoms with van der Waals surface area (Å²) in [7, 11) is 1.79. The second kappa shape index (κ2) is 6.25. The lowest BCUT2D eigenvalue weighted by Gasteiger charge is -2.24. The van der Waals surface area contributed by atoms with Gasteiger partial charge in [-0.1, -0.05) is 12.1 Å². The van der Waals surface area contributed by atoms with Crippen molar-refractivity contribution in [1.29, 1.82) is 0 Å². The summed E-state index contributed by atoms with van der Waals surface area (Å²) in [6, 6.07) is 4.20. The third kappa shape index (κ3) is 4.70. The summed E-state index contributed by atoms with van der Waals surface area (Å²) in [6.07, 6.45) is 0.399. The third-order valence-corrected chi connectivity index (χ3v) is 2.62. The van der Waals surface area contributed by atoms with Crippen LogP contribution in [0.3, 0.4) is 0 Å². The first kappa shape index (κ1) is 15.1. The molecule has 2 nitrogen and oxygen atoms in total. The smallest absolute Gasteiger partial charge is 0.162 e. The van der Waals surface area contributed by atoms with Gasteiger partial charge in [0, 0.05) is 6.04 Å². The van der Waals surface area contributed by atoms with Gasteiger partial charge in [-0.3, -0.25) is 0 Å². The number of halogens is 2. The Bertz CT molecular complexity index is 388. The molecule has 0 aliphatic heterocycles. The lowest BCUT2D eigenvalue weighted by Crippen LogP contribution is -2.36. The minimum atomic E-state index is -0.806. The number of ether oxygens (including phenoxy) is 1. The molecule has 0 spiro atoms. The Balaban J connectivity index is 2.65. The summed E-state index contributed by atoms with van der Waals surface area (Å²) >= 11 is 0. The summed E-state index contributed by atoms with van der Waals surface area (Å²) in [4.78, 5) is 0. The molecule has 1 unspecified atom stereocenters. The van der Waals surface area contributed by atoms with Crippen molar-refractivity contribution >= 4 is 0 Å². The highest BCUT2D eigenvalue weighted by Crippen LogP contribution is 2.14. The van der Waals surface area contributed by atoms with Crippen molar-refractivity contribution in [2.24, 2.45) is 0 Å². The fourth-order valence-electron chi connectivity index (χ4n) is 1.57. The monoisotopic (exact) mass is 257 g/mol. The highest BCUT2D eigenvalue weighted by atomic mass is 19.2. The van der Waals surface area contributed by atoms with Crippen LogP contribution in [0.2, 0.25) is 0 Å². The van der Waals surface area contributed by atoms with Crippen molar-refractivity contribution < 1.29 is 13.5 Å². The zero-order valence-electron chi connectivity index (χ0n) is 11.4. The minimum absolute atomic E-state index is 0.0412. The van der Waals surface area contributed by atoms with E-state index in [1.54, 1.807) is 13.1 Å². The molecular formula is C14H21F2NO. The molecule has 0 bridgehead atoms. The van der Waals surface area contributed by atoms with Gasteiger partial charge < -0.3 is 10.1 Å².